The summed E-state index contributed by atoms with van der Waals surface area (Å²) in [5, 5.41) is 4.65. The Morgan fingerprint density at radius 2 is 1.86 bits per heavy atom. The molecule has 0 aliphatic heterocycles. The second-order valence-corrected chi connectivity index (χ2v) is 5.79. The normalized spacial score (nSPS) is 10.9. The lowest BCUT2D eigenvalue weighted by Gasteiger charge is -2.09. The van der Waals surface area contributed by atoms with E-state index in [-0.39, 0.29) is 0 Å². The van der Waals surface area contributed by atoms with Gasteiger partial charge in [-0.25, -0.2) is 9.97 Å². The van der Waals surface area contributed by atoms with Crippen molar-refractivity contribution in [2.75, 3.05) is 6.54 Å². The topological polar surface area (TPSA) is 37.8 Å². The number of hydrogen-bond acceptors (Lipinski definition) is 3. The summed E-state index contributed by atoms with van der Waals surface area (Å²) < 4.78 is 0. The fourth-order valence-corrected chi connectivity index (χ4v) is 2.65. The van der Waals surface area contributed by atoms with Crippen LogP contribution in [0, 0.1) is 6.92 Å². The van der Waals surface area contributed by atoms with Crippen molar-refractivity contribution >= 4 is 23.2 Å². The van der Waals surface area contributed by atoms with Crippen LogP contribution < -0.4 is 5.32 Å². The summed E-state index contributed by atoms with van der Waals surface area (Å²) >= 11 is 12.4. The molecule has 0 atom stereocenters. The first-order valence-electron chi connectivity index (χ1n) is 7.07. The number of nitrogens with one attached hydrogen (secondary N) is 1. The maximum atomic E-state index is 6.21. The molecule has 1 aromatic heterocycles. The van der Waals surface area contributed by atoms with Crippen molar-refractivity contribution in [2.45, 2.75) is 33.2 Å². The van der Waals surface area contributed by atoms with Gasteiger partial charge in [0.25, 0.3) is 0 Å². The minimum absolute atomic E-state index is 0.543. The Labute approximate surface area is 135 Å². The van der Waals surface area contributed by atoms with Crippen LogP contribution in [0.3, 0.4) is 0 Å². The van der Waals surface area contributed by atoms with Gasteiger partial charge >= 0.3 is 0 Å². The van der Waals surface area contributed by atoms with Crippen LogP contribution in [0.4, 0.5) is 0 Å². The Hall–Kier alpha value is -1.16. The molecule has 1 N–H and O–H groups in total. The van der Waals surface area contributed by atoms with Crippen molar-refractivity contribution in [2.24, 2.45) is 0 Å². The van der Waals surface area contributed by atoms with Crippen LogP contribution in [-0.4, -0.2) is 16.5 Å². The van der Waals surface area contributed by atoms with Crippen LogP contribution in [0.25, 0.3) is 0 Å². The highest BCUT2D eigenvalue weighted by atomic mass is 35.5. The van der Waals surface area contributed by atoms with Gasteiger partial charge in [0.05, 0.1) is 5.69 Å². The van der Waals surface area contributed by atoms with Gasteiger partial charge in [-0.3, -0.25) is 0 Å². The van der Waals surface area contributed by atoms with Crippen molar-refractivity contribution in [1.82, 2.24) is 15.3 Å². The zero-order valence-electron chi connectivity index (χ0n) is 12.3. The first-order chi connectivity index (χ1) is 10.1. The molecule has 0 spiro atoms. The predicted octanol–water partition coefficient (Wildman–Crippen LogP) is 4.18. The zero-order valence-corrected chi connectivity index (χ0v) is 13.8. The van der Waals surface area contributed by atoms with Crippen LogP contribution >= 0.6 is 23.2 Å². The molecule has 0 aliphatic carbocycles. The van der Waals surface area contributed by atoms with E-state index in [9.17, 15) is 0 Å². The van der Waals surface area contributed by atoms with Crippen molar-refractivity contribution in [3.05, 3.63) is 57.1 Å². The molecule has 0 saturated heterocycles. The van der Waals surface area contributed by atoms with Crippen LogP contribution in [-0.2, 0) is 13.0 Å². The molecule has 2 rings (SSSR count). The molecular formula is C16H19Cl2N3. The average Bonchev–Trinajstić information content (AvgIpc) is 2.43. The van der Waals surface area contributed by atoms with Gasteiger partial charge in [0.15, 0.2) is 0 Å². The molecule has 112 valence electrons. The van der Waals surface area contributed by atoms with E-state index in [1.165, 1.54) is 0 Å². The quantitative estimate of drug-likeness (QED) is 0.810. The molecule has 0 aliphatic rings. The molecule has 0 radical (unpaired) electrons. The predicted molar refractivity (Wildman–Crippen MR) is 88.0 cm³/mol. The summed E-state index contributed by atoms with van der Waals surface area (Å²) in [5.74, 6) is 0.748. The fourth-order valence-electron chi connectivity index (χ4n) is 2.12. The van der Waals surface area contributed by atoms with Gasteiger partial charge in [-0.15, -0.1) is 0 Å². The first kappa shape index (κ1) is 16.2. The van der Waals surface area contributed by atoms with E-state index in [0.717, 1.165) is 42.3 Å². The van der Waals surface area contributed by atoms with E-state index >= 15 is 0 Å². The molecule has 1 aromatic carbocycles. The molecule has 2 aromatic rings. The number of halogens is 2. The number of aromatic nitrogens is 2. The lowest BCUT2D eigenvalue weighted by Crippen LogP contribution is -2.16. The highest BCUT2D eigenvalue weighted by Crippen LogP contribution is 2.26. The second-order valence-electron chi connectivity index (χ2n) is 4.97. The van der Waals surface area contributed by atoms with Gasteiger partial charge in [0.2, 0.25) is 0 Å². The molecule has 0 unspecified atom stereocenters. The zero-order chi connectivity index (χ0) is 15.2. The van der Waals surface area contributed by atoms with Gasteiger partial charge in [-0.05, 0) is 43.7 Å². The van der Waals surface area contributed by atoms with Crippen LogP contribution in [0.15, 0.2) is 24.3 Å². The summed E-state index contributed by atoms with van der Waals surface area (Å²) in [6.07, 6.45) is 1.65. The number of nitrogens with zero attached hydrogens (tertiary/aromatic N) is 2. The Bertz CT molecular complexity index is 594. The van der Waals surface area contributed by atoms with Gasteiger partial charge in [0.1, 0.15) is 5.82 Å². The summed E-state index contributed by atoms with van der Waals surface area (Å²) in [7, 11) is 0. The summed E-state index contributed by atoms with van der Waals surface area (Å²) in [6, 6.07) is 7.51. The number of hydrogen-bond donors (Lipinski definition) is 1. The van der Waals surface area contributed by atoms with E-state index in [1.807, 2.05) is 31.2 Å². The minimum Gasteiger partial charge on any atom is -0.311 e. The van der Waals surface area contributed by atoms with Gasteiger partial charge in [-0.1, -0.05) is 36.2 Å². The van der Waals surface area contributed by atoms with Gasteiger partial charge < -0.3 is 5.32 Å². The average molecular weight is 324 g/mol. The Morgan fingerprint density at radius 1 is 1.14 bits per heavy atom. The largest absolute Gasteiger partial charge is 0.311 e. The molecule has 3 nitrogen and oxygen atoms in total. The third-order valence-electron chi connectivity index (χ3n) is 3.08. The highest BCUT2D eigenvalue weighted by Gasteiger charge is 2.10. The van der Waals surface area contributed by atoms with Crippen LogP contribution in [0.5, 0.6) is 0 Å². The molecule has 0 amide bonds. The number of rotatable bonds is 6. The summed E-state index contributed by atoms with van der Waals surface area (Å²) in [5.41, 5.74) is 2.82. The van der Waals surface area contributed by atoms with Crippen LogP contribution in [0.2, 0.25) is 10.0 Å². The van der Waals surface area contributed by atoms with Crippen molar-refractivity contribution in [1.29, 1.82) is 0 Å². The molecule has 21 heavy (non-hydrogen) atoms. The molecule has 0 fully saturated rings. The van der Waals surface area contributed by atoms with Crippen LogP contribution in [0.1, 0.15) is 36.1 Å². The van der Waals surface area contributed by atoms with Gasteiger partial charge in [0, 0.05) is 28.7 Å². The maximum Gasteiger partial charge on any atom is 0.133 e. The van der Waals surface area contributed by atoms with Gasteiger partial charge in [-0.2, -0.15) is 0 Å². The number of benzene rings is 1. The highest BCUT2D eigenvalue weighted by molar-refractivity contribution is 6.36. The Kier molecular flexibility index (Phi) is 5.97. The van der Waals surface area contributed by atoms with E-state index in [1.54, 1.807) is 0 Å². The maximum absolute atomic E-state index is 6.21. The third-order valence-corrected chi connectivity index (χ3v) is 3.79. The van der Waals surface area contributed by atoms with E-state index in [0.29, 0.717) is 16.5 Å². The number of aryl methyl sites for hydroxylation is 1. The monoisotopic (exact) mass is 323 g/mol. The van der Waals surface area contributed by atoms with E-state index in [4.69, 9.17) is 23.2 Å². The molecular weight excluding hydrogens is 305 g/mol. The molecule has 0 bridgehead atoms. The van der Waals surface area contributed by atoms with Crippen molar-refractivity contribution < 1.29 is 0 Å². The van der Waals surface area contributed by atoms with E-state index < -0.39 is 0 Å². The third kappa shape index (κ3) is 4.67. The molecule has 1 heterocycles. The second kappa shape index (κ2) is 7.74. The Balaban J connectivity index is 2.20. The SMILES string of the molecule is CCCNCc1cc(C)nc(Cc2c(Cl)cccc2Cl)n1. The minimum atomic E-state index is 0.543. The fraction of sp³-hybridized carbons (Fsp3) is 0.375. The van der Waals surface area contributed by atoms with Crippen molar-refractivity contribution in [3.8, 4) is 0 Å². The lowest BCUT2D eigenvalue weighted by molar-refractivity contribution is 0.658. The first-order valence-corrected chi connectivity index (χ1v) is 7.82. The standard InChI is InChI=1S/C16H19Cl2N3/c1-3-7-19-10-12-8-11(2)20-16(21-12)9-13-14(17)5-4-6-15(13)18/h4-6,8,19H,3,7,9-10H2,1-2H3. The lowest BCUT2D eigenvalue weighted by atomic mass is 10.1. The smallest absolute Gasteiger partial charge is 0.133 e. The summed E-state index contributed by atoms with van der Waals surface area (Å²) in [4.78, 5) is 9.08. The molecule has 0 saturated carbocycles. The molecule has 5 heteroatoms. The Morgan fingerprint density at radius 3 is 2.52 bits per heavy atom. The van der Waals surface area contributed by atoms with Crippen molar-refractivity contribution in [3.63, 3.8) is 0 Å². The summed E-state index contributed by atoms with van der Waals surface area (Å²) in [6.45, 7) is 5.85. The van der Waals surface area contributed by atoms with E-state index in [2.05, 4.69) is 22.2 Å².